The topological polar surface area (TPSA) is 66.4 Å². The van der Waals surface area contributed by atoms with Crippen molar-refractivity contribution >= 4 is 17.0 Å². The lowest BCUT2D eigenvalue weighted by Crippen LogP contribution is -2.16. The molecule has 17 heavy (non-hydrogen) atoms. The van der Waals surface area contributed by atoms with Gasteiger partial charge in [0, 0.05) is 18.4 Å². The van der Waals surface area contributed by atoms with E-state index in [0.717, 1.165) is 0 Å². The highest BCUT2D eigenvalue weighted by Gasteiger charge is 2.15. The zero-order chi connectivity index (χ0) is 13.0. The summed E-state index contributed by atoms with van der Waals surface area (Å²) in [5, 5.41) is 8.80. The molecule has 0 aromatic heterocycles. The van der Waals surface area contributed by atoms with Gasteiger partial charge in [-0.1, -0.05) is 12.1 Å². The first-order chi connectivity index (χ1) is 7.91. The van der Waals surface area contributed by atoms with Gasteiger partial charge in [0.1, 0.15) is 5.82 Å². The molecule has 0 saturated carbocycles. The van der Waals surface area contributed by atoms with Crippen molar-refractivity contribution in [1.29, 1.82) is 0 Å². The van der Waals surface area contributed by atoms with Crippen molar-refractivity contribution in [3.63, 3.8) is 0 Å². The van der Waals surface area contributed by atoms with E-state index in [1.165, 1.54) is 25.3 Å². The van der Waals surface area contributed by atoms with Crippen LogP contribution < -0.4 is 4.72 Å². The second kappa shape index (κ2) is 5.88. The SMILES string of the molecule is CC(C(=O)O)c1ccc(CNS(C)=O)c(F)c1. The van der Waals surface area contributed by atoms with E-state index in [2.05, 4.69) is 4.72 Å². The van der Waals surface area contributed by atoms with E-state index < -0.39 is 28.7 Å². The molecule has 94 valence electrons. The normalized spacial score (nSPS) is 14.3. The Kier molecular flexibility index (Phi) is 4.77. The van der Waals surface area contributed by atoms with E-state index in [4.69, 9.17) is 5.11 Å². The summed E-state index contributed by atoms with van der Waals surface area (Å²) in [6.07, 6.45) is 1.46. The standard InChI is InChI=1S/C11H14FNO3S/c1-7(11(14)15)8-3-4-9(10(12)5-8)6-13-17(2)16/h3-5,7,13H,6H2,1-2H3,(H,14,15). The molecule has 0 bridgehead atoms. The summed E-state index contributed by atoms with van der Waals surface area (Å²) in [5.41, 5.74) is 0.776. The molecule has 0 aliphatic rings. The summed E-state index contributed by atoms with van der Waals surface area (Å²) < 4.78 is 27.0. The van der Waals surface area contributed by atoms with Crippen molar-refractivity contribution in [3.8, 4) is 0 Å². The first-order valence-electron chi connectivity index (χ1n) is 5.00. The Balaban J connectivity index is 2.86. The van der Waals surface area contributed by atoms with Crippen molar-refractivity contribution in [2.24, 2.45) is 0 Å². The van der Waals surface area contributed by atoms with Gasteiger partial charge in [0.05, 0.1) is 16.9 Å². The molecule has 0 spiro atoms. The van der Waals surface area contributed by atoms with Crippen molar-refractivity contribution in [2.75, 3.05) is 6.26 Å². The van der Waals surface area contributed by atoms with E-state index in [-0.39, 0.29) is 6.54 Å². The van der Waals surface area contributed by atoms with Gasteiger partial charge in [0.15, 0.2) is 0 Å². The van der Waals surface area contributed by atoms with Crippen molar-refractivity contribution in [2.45, 2.75) is 19.4 Å². The molecule has 1 aromatic rings. The highest BCUT2D eigenvalue weighted by molar-refractivity contribution is 7.82. The van der Waals surface area contributed by atoms with Crippen LogP contribution >= 0.6 is 0 Å². The molecule has 0 heterocycles. The number of rotatable bonds is 5. The fraction of sp³-hybridized carbons (Fsp3) is 0.364. The van der Waals surface area contributed by atoms with E-state index in [0.29, 0.717) is 11.1 Å². The molecule has 0 fully saturated rings. The molecule has 0 aliphatic carbocycles. The van der Waals surface area contributed by atoms with Gasteiger partial charge in [0.2, 0.25) is 0 Å². The summed E-state index contributed by atoms with van der Waals surface area (Å²) >= 11 is 0. The number of benzene rings is 1. The maximum Gasteiger partial charge on any atom is 0.310 e. The lowest BCUT2D eigenvalue weighted by molar-refractivity contribution is -0.138. The fourth-order valence-electron chi connectivity index (χ4n) is 1.30. The predicted molar refractivity (Wildman–Crippen MR) is 63.4 cm³/mol. The Morgan fingerprint density at radius 3 is 2.71 bits per heavy atom. The number of halogens is 1. The van der Waals surface area contributed by atoms with Crippen LogP contribution in [0.15, 0.2) is 18.2 Å². The number of hydrogen-bond acceptors (Lipinski definition) is 2. The second-order valence-electron chi connectivity index (χ2n) is 3.69. The Bertz CT molecular complexity index is 450. The first kappa shape index (κ1) is 13.8. The Morgan fingerprint density at radius 2 is 2.24 bits per heavy atom. The third-order valence-electron chi connectivity index (χ3n) is 2.41. The molecule has 0 amide bonds. The molecule has 2 atom stereocenters. The molecule has 2 N–H and O–H groups in total. The van der Waals surface area contributed by atoms with Gasteiger partial charge < -0.3 is 5.11 Å². The fourth-order valence-corrected chi connectivity index (χ4v) is 1.66. The Morgan fingerprint density at radius 1 is 1.59 bits per heavy atom. The van der Waals surface area contributed by atoms with Crippen molar-refractivity contribution < 1.29 is 18.5 Å². The molecular formula is C11H14FNO3S. The third kappa shape index (κ3) is 3.90. The largest absolute Gasteiger partial charge is 0.481 e. The summed E-state index contributed by atoms with van der Waals surface area (Å²) in [7, 11) is -1.21. The summed E-state index contributed by atoms with van der Waals surface area (Å²) in [6.45, 7) is 1.65. The monoisotopic (exact) mass is 259 g/mol. The van der Waals surface area contributed by atoms with Crippen LogP contribution in [0.2, 0.25) is 0 Å². The van der Waals surface area contributed by atoms with Gasteiger partial charge >= 0.3 is 5.97 Å². The van der Waals surface area contributed by atoms with Crippen LogP contribution in [-0.2, 0) is 22.3 Å². The van der Waals surface area contributed by atoms with Crippen LogP contribution in [0.4, 0.5) is 4.39 Å². The molecule has 1 rings (SSSR count). The molecule has 1 aromatic carbocycles. The van der Waals surface area contributed by atoms with Gasteiger partial charge in [-0.3, -0.25) is 4.79 Å². The van der Waals surface area contributed by atoms with E-state index >= 15 is 0 Å². The minimum absolute atomic E-state index is 0.149. The van der Waals surface area contributed by atoms with Crippen LogP contribution in [0.25, 0.3) is 0 Å². The maximum atomic E-state index is 13.6. The van der Waals surface area contributed by atoms with Gasteiger partial charge in [-0.05, 0) is 18.6 Å². The Labute approximate surface area is 101 Å². The molecule has 0 saturated heterocycles. The van der Waals surface area contributed by atoms with Crippen molar-refractivity contribution in [1.82, 2.24) is 4.72 Å². The maximum absolute atomic E-state index is 13.6. The molecule has 0 aliphatic heterocycles. The number of aliphatic carboxylic acids is 1. The lowest BCUT2D eigenvalue weighted by Gasteiger charge is -2.09. The lowest BCUT2D eigenvalue weighted by atomic mass is 10.00. The summed E-state index contributed by atoms with van der Waals surface area (Å²) in [4.78, 5) is 10.7. The van der Waals surface area contributed by atoms with E-state index in [9.17, 15) is 13.4 Å². The first-order valence-corrected chi connectivity index (χ1v) is 6.55. The zero-order valence-corrected chi connectivity index (χ0v) is 10.4. The van der Waals surface area contributed by atoms with E-state index in [1.807, 2.05) is 0 Å². The van der Waals surface area contributed by atoms with Crippen LogP contribution in [0.1, 0.15) is 24.0 Å². The van der Waals surface area contributed by atoms with Crippen LogP contribution in [-0.4, -0.2) is 21.5 Å². The van der Waals surface area contributed by atoms with Crippen LogP contribution in [0.3, 0.4) is 0 Å². The number of carbonyl (C=O) groups is 1. The summed E-state index contributed by atoms with van der Waals surface area (Å²) in [6, 6.07) is 4.27. The quantitative estimate of drug-likeness (QED) is 0.840. The molecule has 0 radical (unpaired) electrons. The molecule has 2 unspecified atom stereocenters. The zero-order valence-electron chi connectivity index (χ0n) is 9.57. The molecule has 4 nitrogen and oxygen atoms in total. The number of carboxylic acids is 1. The van der Waals surface area contributed by atoms with Crippen LogP contribution in [0.5, 0.6) is 0 Å². The number of carboxylic acid groups (broad SMARTS) is 1. The van der Waals surface area contributed by atoms with Crippen molar-refractivity contribution in [3.05, 3.63) is 35.1 Å². The minimum atomic E-state index is -1.21. The van der Waals surface area contributed by atoms with Gasteiger partial charge in [-0.2, -0.15) is 0 Å². The van der Waals surface area contributed by atoms with Gasteiger partial charge in [-0.15, -0.1) is 0 Å². The van der Waals surface area contributed by atoms with E-state index in [1.54, 1.807) is 6.07 Å². The molecule has 6 heteroatoms. The van der Waals surface area contributed by atoms with Crippen LogP contribution in [0, 0.1) is 5.82 Å². The minimum Gasteiger partial charge on any atom is -0.481 e. The molecular weight excluding hydrogens is 245 g/mol. The third-order valence-corrected chi connectivity index (χ3v) is 2.96. The Hall–Kier alpha value is -1.27. The number of hydrogen-bond donors (Lipinski definition) is 2. The van der Waals surface area contributed by atoms with Gasteiger partial charge in [0.25, 0.3) is 0 Å². The second-order valence-corrected chi connectivity index (χ2v) is 4.88. The smallest absolute Gasteiger partial charge is 0.310 e. The average Bonchev–Trinajstić information content (AvgIpc) is 2.26. The predicted octanol–water partition coefficient (Wildman–Crippen LogP) is 1.40. The van der Waals surface area contributed by atoms with Gasteiger partial charge in [-0.25, -0.2) is 13.3 Å². The highest BCUT2D eigenvalue weighted by atomic mass is 32.2. The average molecular weight is 259 g/mol. The summed E-state index contributed by atoms with van der Waals surface area (Å²) in [5.74, 6) is -2.23. The number of nitrogens with one attached hydrogen (secondary N) is 1. The highest BCUT2D eigenvalue weighted by Crippen LogP contribution is 2.18.